The van der Waals surface area contributed by atoms with Gasteiger partial charge in [-0.15, -0.1) is 0 Å². The van der Waals surface area contributed by atoms with Crippen molar-refractivity contribution in [2.24, 2.45) is 0 Å². The minimum atomic E-state index is -5.86. The molecule has 11 heteroatoms. The Morgan fingerprint density at radius 1 is 0.708 bits per heavy atom. The zero-order chi connectivity index (χ0) is 18.6. The first-order valence-electron chi connectivity index (χ1n) is 6.64. The molecule has 1 aliphatic rings. The van der Waals surface area contributed by atoms with Crippen LogP contribution in [0.5, 0.6) is 0 Å². The van der Waals surface area contributed by atoms with Crippen LogP contribution in [-0.2, 0) is 23.1 Å². The SMILES string of the molecule is O=P1(c2cc(C(F)(F)F)c(C(F)(F)F)c(C(F)(F)F)c2)CCCC1. The quantitative estimate of drug-likeness (QED) is 0.460. The Morgan fingerprint density at radius 3 is 1.38 bits per heavy atom. The maximum atomic E-state index is 13.0. The van der Waals surface area contributed by atoms with Crippen molar-refractivity contribution in [3.05, 3.63) is 28.8 Å². The lowest BCUT2D eigenvalue weighted by Crippen LogP contribution is -2.26. The van der Waals surface area contributed by atoms with Gasteiger partial charge >= 0.3 is 18.5 Å². The van der Waals surface area contributed by atoms with E-state index in [1.807, 2.05) is 0 Å². The van der Waals surface area contributed by atoms with Gasteiger partial charge in [-0.05, 0) is 25.0 Å². The average Bonchev–Trinajstić information content (AvgIpc) is 2.82. The Balaban J connectivity index is 2.87. The van der Waals surface area contributed by atoms with Crippen molar-refractivity contribution in [3.8, 4) is 0 Å². The van der Waals surface area contributed by atoms with Gasteiger partial charge in [-0.2, -0.15) is 39.5 Å². The molecule has 1 aromatic rings. The predicted molar refractivity (Wildman–Crippen MR) is 67.7 cm³/mol. The van der Waals surface area contributed by atoms with E-state index in [0.29, 0.717) is 12.8 Å². The van der Waals surface area contributed by atoms with Crippen LogP contribution in [0.3, 0.4) is 0 Å². The topological polar surface area (TPSA) is 17.1 Å². The molecule has 0 aliphatic carbocycles. The summed E-state index contributed by atoms with van der Waals surface area (Å²) in [5.41, 5.74) is -7.71. The Labute approximate surface area is 130 Å². The van der Waals surface area contributed by atoms with Gasteiger partial charge in [0.15, 0.2) is 0 Å². The monoisotopic (exact) mass is 384 g/mol. The number of benzene rings is 1. The Bertz CT molecular complexity index is 639. The lowest BCUT2D eigenvalue weighted by Gasteiger charge is -2.23. The number of halogens is 9. The van der Waals surface area contributed by atoms with Crippen LogP contribution in [0.1, 0.15) is 29.5 Å². The number of hydrogen-bond acceptors (Lipinski definition) is 1. The number of alkyl halides is 9. The third-order valence-corrected chi connectivity index (χ3v) is 7.05. The van der Waals surface area contributed by atoms with E-state index in [1.54, 1.807) is 0 Å². The van der Waals surface area contributed by atoms with Gasteiger partial charge in [0.1, 0.15) is 7.14 Å². The minimum Gasteiger partial charge on any atom is -0.319 e. The molecule has 0 bridgehead atoms. The Hall–Kier alpha value is -1.18. The van der Waals surface area contributed by atoms with E-state index in [4.69, 9.17) is 0 Å². The van der Waals surface area contributed by atoms with Gasteiger partial charge in [-0.1, -0.05) is 0 Å². The minimum absolute atomic E-state index is 0.0375. The molecule has 0 amide bonds. The second kappa shape index (κ2) is 5.68. The smallest absolute Gasteiger partial charge is 0.319 e. The average molecular weight is 384 g/mol. The predicted octanol–water partition coefficient (Wildman–Crippen LogP) is 5.53. The third kappa shape index (κ3) is 3.58. The van der Waals surface area contributed by atoms with Gasteiger partial charge in [0.05, 0.1) is 16.7 Å². The molecule has 0 spiro atoms. The molecule has 24 heavy (non-hydrogen) atoms. The van der Waals surface area contributed by atoms with Gasteiger partial charge in [-0.3, -0.25) is 0 Å². The van der Waals surface area contributed by atoms with E-state index in [1.165, 1.54) is 0 Å². The lowest BCUT2D eigenvalue weighted by atomic mass is 9.99. The molecule has 0 atom stereocenters. The van der Waals surface area contributed by atoms with Crippen molar-refractivity contribution in [2.75, 3.05) is 12.3 Å². The van der Waals surface area contributed by atoms with Crippen molar-refractivity contribution in [2.45, 2.75) is 31.4 Å². The van der Waals surface area contributed by atoms with Crippen molar-refractivity contribution in [3.63, 3.8) is 0 Å². The largest absolute Gasteiger partial charge is 0.417 e. The van der Waals surface area contributed by atoms with Crippen molar-refractivity contribution < 1.29 is 44.1 Å². The molecule has 1 heterocycles. The van der Waals surface area contributed by atoms with Crippen LogP contribution < -0.4 is 5.30 Å². The highest BCUT2D eigenvalue weighted by Crippen LogP contribution is 2.54. The molecule has 1 aliphatic heterocycles. The zero-order valence-corrected chi connectivity index (χ0v) is 12.6. The summed E-state index contributed by atoms with van der Waals surface area (Å²) in [6, 6.07) is -0.0751. The van der Waals surface area contributed by atoms with Crippen LogP contribution >= 0.6 is 7.14 Å². The van der Waals surface area contributed by atoms with Crippen LogP contribution in [0, 0.1) is 0 Å². The van der Waals surface area contributed by atoms with Crippen LogP contribution in [0.4, 0.5) is 39.5 Å². The van der Waals surface area contributed by atoms with Gasteiger partial charge in [0, 0.05) is 17.6 Å². The first kappa shape index (κ1) is 19.1. The fourth-order valence-corrected chi connectivity index (χ4v) is 5.66. The second-order valence-corrected chi connectivity index (χ2v) is 8.64. The van der Waals surface area contributed by atoms with Crippen LogP contribution in [0.15, 0.2) is 12.1 Å². The molecule has 0 saturated carbocycles. The summed E-state index contributed by atoms with van der Waals surface area (Å²) in [6.07, 6.45) is -16.8. The summed E-state index contributed by atoms with van der Waals surface area (Å²) in [5, 5.41) is -0.798. The fraction of sp³-hybridized carbons (Fsp3) is 0.538. The van der Waals surface area contributed by atoms with Crippen LogP contribution in [-0.4, -0.2) is 12.3 Å². The van der Waals surface area contributed by atoms with Crippen LogP contribution in [0.2, 0.25) is 0 Å². The Kier molecular flexibility index (Phi) is 4.53. The van der Waals surface area contributed by atoms with Gasteiger partial charge in [0.2, 0.25) is 0 Å². The van der Waals surface area contributed by atoms with E-state index >= 15 is 0 Å². The molecular weight excluding hydrogens is 374 g/mol. The van der Waals surface area contributed by atoms with Gasteiger partial charge in [-0.25, -0.2) is 0 Å². The van der Waals surface area contributed by atoms with E-state index in [0.717, 1.165) is 0 Å². The van der Waals surface area contributed by atoms with Crippen molar-refractivity contribution >= 4 is 12.4 Å². The lowest BCUT2D eigenvalue weighted by molar-refractivity contribution is -0.174. The highest BCUT2D eigenvalue weighted by molar-refractivity contribution is 7.71. The van der Waals surface area contributed by atoms with Gasteiger partial charge < -0.3 is 4.57 Å². The summed E-state index contributed by atoms with van der Waals surface area (Å²) in [6.45, 7) is 0. The van der Waals surface area contributed by atoms with Crippen molar-refractivity contribution in [1.29, 1.82) is 0 Å². The summed E-state index contributed by atoms with van der Waals surface area (Å²) in [5.74, 6) is 0. The second-order valence-electron chi connectivity index (χ2n) is 5.45. The molecule has 0 radical (unpaired) electrons. The van der Waals surface area contributed by atoms with E-state index in [-0.39, 0.29) is 24.5 Å². The molecule has 0 unspecified atom stereocenters. The molecule has 1 nitrogen and oxygen atoms in total. The molecular formula is C13H10F9OP. The fourth-order valence-electron chi connectivity index (χ4n) is 2.72. The zero-order valence-electron chi connectivity index (χ0n) is 11.7. The molecule has 1 aromatic carbocycles. The first-order chi connectivity index (χ1) is 10.7. The maximum absolute atomic E-state index is 13.0. The first-order valence-corrected chi connectivity index (χ1v) is 8.72. The van der Waals surface area contributed by atoms with Gasteiger partial charge in [0.25, 0.3) is 0 Å². The summed E-state index contributed by atoms with van der Waals surface area (Å²) < 4.78 is 129. The Morgan fingerprint density at radius 2 is 1.08 bits per heavy atom. The third-order valence-electron chi connectivity index (χ3n) is 3.78. The van der Waals surface area contributed by atoms with E-state index in [9.17, 15) is 44.1 Å². The normalized spacial score (nSPS) is 18.9. The number of rotatable bonds is 1. The number of hydrogen-bond donors (Lipinski definition) is 0. The van der Waals surface area contributed by atoms with E-state index in [2.05, 4.69) is 0 Å². The summed E-state index contributed by atoms with van der Waals surface area (Å²) in [4.78, 5) is 0. The summed E-state index contributed by atoms with van der Waals surface area (Å²) >= 11 is 0. The standard InChI is InChI=1S/C13H10F9OP/c14-11(15,16)8-5-7(24(23)3-1-2-4-24)6-9(12(17,18)19)10(8)13(20,21)22/h5-6H,1-4H2. The maximum Gasteiger partial charge on any atom is 0.417 e. The van der Waals surface area contributed by atoms with Crippen LogP contribution in [0.25, 0.3) is 0 Å². The molecule has 2 rings (SSSR count). The molecule has 0 N–H and O–H groups in total. The molecule has 0 aromatic heterocycles. The summed E-state index contributed by atoms with van der Waals surface area (Å²) in [7, 11) is -3.55. The molecule has 136 valence electrons. The van der Waals surface area contributed by atoms with Crippen molar-refractivity contribution in [1.82, 2.24) is 0 Å². The van der Waals surface area contributed by atoms with E-state index < -0.39 is 47.7 Å². The molecule has 1 fully saturated rings. The molecule has 1 saturated heterocycles. The highest BCUT2D eigenvalue weighted by Gasteiger charge is 2.51. The highest BCUT2D eigenvalue weighted by atomic mass is 31.2.